The molecule has 4 heterocycles. The first-order chi connectivity index (χ1) is 22.2. The molecule has 0 N–H and O–H groups in total. The molecule has 0 saturated carbocycles. The fourth-order valence-electron chi connectivity index (χ4n) is 1.87. The van der Waals surface area contributed by atoms with Crippen molar-refractivity contribution in [3.8, 4) is 23.5 Å². The van der Waals surface area contributed by atoms with Gasteiger partial charge in [-0.2, -0.15) is 26.3 Å². The number of hydrogen-bond acceptors (Lipinski definition) is 14. The van der Waals surface area contributed by atoms with Crippen LogP contribution in [0.5, 0.6) is 23.5 Å². The quantitative estimate of drug-likeness (QED) is 0.120. The molecule has 4 aromatic heterocycles. The second-order valence-electron chi connectivity index (χ2n) is 7.29. The van der Waals surface area contributed by atoms with Crippen LogP contribution in [0.15, 0.2) is 97.6 Å². The van der Waals surface area contributed by atoms with Gasteiger partial charge in [-0.05, 0) is 24.3 Å². The van der Waals surface area contributed by atoms with E-state index in [9.17, 15) is 26.3 Å². The van der Waals surface area contributed by atoms with Crippen LogP contribution in [-0.2, 0) is 65.0 Å². The first-order valence-corrected chi connectivity index (χ1v) is 14.9. The maximum absolute atomic E-state index is 10.7. The van der Waals surface area contributed by atoms with Crippen molar-refractivity contribution in [2.75, 3.05) is 28.4 Å². The summed E-state index contributed by atoms with van der Waals surface area (Å²) in [5.41, 5.74) is -11.3. The summed E-state index contributed by atoms with van der Waals surface area (Å²) in [6.45, 7) is 0. The van der Waals surface area contributed by atoms with Crippen LogP contribution < -0.4 is 18.9 Å². The van der Waals surface area contributed by atoms with E-state index in [1.807, 2.05) is 48.5 Å². The Bertz CT molecular complexity index is 1390. The molecule has 0 atom stereocenters. The summed E-state index contributed by atoms with van der Waals surface area (Å²) in [4.78, 5) is 15.5. The third-order valence-electron chi connectivity index (χ3n) is 3.95. The molecule has 0 bridgehead atoms. The fourth-order valence-corrected chi connectivity index (χ4v) is 1.87. The Balaban J connectivity index is -0.000000252. The third kappa shape index (κ3) is 28.5. The summed E-state index contributed by atoms with van der Waals surface area (Å²) in [5.74, 6) is 2.64. The van der Waals surface area contributed by atoms with Gasteiger partial charge in [0.15, 0.2) is 20.2 Å². The summed E-state index contributed by atoms with van der Waals surface area (Å²) in [5, 5.41) is 0. The van der Waals surface area contributed by atoms with Gasteiger partial charge < -0.3 is 28.1 Å². The van der Waals surface area contributed by atoms with Gasteiger partial charge >= 0.3 is 55.8 Å². The van der Waals surface area contributed by atoms with Gasteiger partial charge in [-0.3, -0.25) is 0 Å². The first kappa shape index (κ1) is 53.5. The number of methoxy groups -OCH3 is 4. The van der Waals surface area contributed by atoms with Crippen molar-refractivity contribution in [1.82, 2.24) is 19.9 Å². The Morgan fingerprint density at radius 3 is 0.680 bits per heavy atom. The van der Waals surface area contributed by atoms with E-state index in [1.165, 1.54) is 0 Å². The summed E-state index contributed by atoms with van der Waals surface area (Å²) < 4.78 is 137. The van der Waals surface area contributed by atoms with Crippen LogP contribution in [0, 0.1) is 0 Å². The van der Waals surface area contributed by atoms with Gasteiger partial charge in [0.05, 0.1) is 28.4 Å². The number of pyridine rings is 4. The van der Waals surface area contributed by atoms with Gasteiger partial charge in [0.2, 0.25) is 23.5 Å². The normalized spacial score (nSPS) is 10.0. The molecule has 0 unspecified atom stereocenters. The van der Waals surface area contributed by atoms with Crippen molar-refractivity contribution in [3.05, 3.63) is 97.6 Å². The van der Waals surface area contributed by atoms with Gasteiger partial charge in [-0.1, -0.05) is 24.3 Å². The molecule has 14 nitrogen and oxygen atoms in total. The van der Waals surface area contributed by atoms with E-state index in [0.717, 1.165) is 0 Å². The molecule has 4 rings (SSSR count). The van der Waals surface area contributed by atoms with E-state index in [-0.39, 0.29) is 44.8 Å². The van der Waals surface area contributed by atoms with Crippen LogP contribution in [0.3, 0.4) is 0 Å². The van der Waals surface area contributed by atoms with Crippen LogP contribution in [-0.4, -0.2) is 85.3 Å². The molecule has 0 radical (unpaired) electrons. The number of halogens is 6. The van der Waals surface area contributed by atoms with Gasteiger partial charge in [-0.15, -0.1) is 0 Å². The van der Waals surface area contributed by atoms with Crippen molar-refractivity contribution in [2.24, 2.45) is 0 Å². The second kappa shape index (κ2) is 28.4. The standard InChI is InChI=1S/4C6H7NO.2CHF3O3S.2Ag/c4*1-8-6-4-2-3-5-7-6;2*2-1(3,4)8(5,6)7;;/h4*2-5H,1H3;2*(H,5,6,7);;/q;;;;;;2*+1/p-2. The van der Waals surface area contributed by atoms with Gasteiger partial charge in [0.1, 0.15) is 0 Å². The largest absolute Gasteiger partial charge is 1.00 e. The van der Waals surface area contributed by atoms with E-state index in [1.54, 1.807) is 77.5 Å². The number of alkyl halides is 6. The molecule has 4 aromatic rings. The first-order valence-electron chi connectivity index (χ1n) is 12.1. The Morgan fingerprint density at radius 2 is 0.620 bits per heavy atom. The number of nitrogens with zero attached hydrogens (tertiary/aromatic N) is 4. The minimum absolute atomic E-state index is 0. The summed E-state index contributed by atoms with van der Waals surface area (Å²) in [6, 6.07) is 22.1. The summed E-state index contributed by atoms with van der Waals surface area (Å²) in [6.07, 6.45) is 6.77. The average Bonchev–Trinajstić information content (AvgIpc) is 3.06. The molecule has 0 amide bonds. The second-order valence-corrected chi connectivity index (χ2v) is 10.0. The minimum Gasteiger partial charge on any atom is -0.741 e. The van der Waals surface area contributed by atoms with Crippen molar-refractivity contribution in [1.29, 1.82) is 0 Å². The van der Waals surface area contributed by atoms with E-state index >= 15 is 0 Å². The van der Waals surface area contributed by atoms with Crippen LogP contribution in [0.25, 0.3) is 0 Å². The zero-order valence-electron chi connectivity index (χ0n) is 25.8. The summed E-state index contributed by atoms with van der Waals surface area (Å²) >= 11 is 0. The molecule has 0 aliphatic heterocycles. The Hall–Kier alpha value is -3.32. The van der Waals surface area contributed by atoms with Crippen molar-refractivity contribution in [2.45, 2.75) is 11.0 Å². The monoisotopic (exact) mass is 948 g/mol. The van der Waals surface area contributed by atoms with Gasteiger partial charge in [-0.25, -0.2) is 36.8 Å². The van der Waals surface area contributed by atoms with E-state index < -0.39 is 31.3 Å². The van der Waals surface area contributed by atoms with Gasteiger partial charge in [0.25, 0.3) is 0 Å². The van der Waals surface area contributed by atoms with E-state index in [4.69, 9.17) is 44.9 Å². The van der Waals surface area contributed by atoms with Crippen molar-refractivity contribution in [3.63, 3.8) is 0 Å². The maximum atomic E-state index is 10.7. The third-order valence-corrected chi connectivity index (χ3v) is 5.09. The van der Waals surface area contributed by atoms with Crippen molar-refractivity contribution >= 4 is 20.2 Å². The van der Waals surface area contributed by atoms with Crippen LogP contribution in [0.2, 0.25) is 0 Å². The Labute approximate surface area is 315 Å². The Kier molecular flexibility index (Phi) is 30.4. The SMILES string of the molecule is COc1ccccn1.COc1ccccn1.COc1ccccn1.COc1ccccn1.O=S(=O)([O-])C(F)(F)F.O=S(=O)([O-])C(F)(F)F.[Ag+].[Ag+]. The zero-order valence-corrected chi connectivity index (χ0v) is 30.4. The molecule has 0 aliphatic carbocycles. The smallest absolute Gasteiger partial charge is 0.741 e. The predicted molar refractivity (Wildman–Crippen MR) is 155 cm³/mol. The summed E-state index contributed by atoms with van der Waals surface area (Å²) in [7, 11) is -5.78. The number of hydrogen-bond donors (Lipinski definition) is 0. The topological polar surface area (TPSA) is 203 Å². The molecule has 288 valence electrons. The molecule has 50 heavy (non-hydrogen) atoms. The zero-order chi connectivity index (χ0) is 37.3. The number of ether oxygens (including phenoxy) is 4. The minimum atomic E-state index is -6.09. The number of rotatable bonds is 4. The Morgan fingerprint density at radius 1 is 0.460 bits per heavy atom. The van der Waals surface area contributed by atoms with E-state index in [2.05, 4.69) is 19.9 Å². The molecule has 24 heteroatoms. The molecule has 0 saturated heterocycles. The van der Waals surface area contributed by atoms with Gasteiger partial charge in [0, 0.05) is 49.1 Å². The molecule has 0 fully saturated rings. The molecule has 0 aromatic carbocycles. The van der Waals surface area contributed by atoms with Crippen LogP contribution >= 0.6 is 0 Å². The molecule has 0 spiro atoms. The fraction of sp³-hybridized carbons (Fsp3) is 0.231. The molecular weight excluding hydrogens is 922 g/mol. The maximum Gasteiger partial charge on any atom is 1.00 e. The van der Waals surface area contributed by atoms with Crippen LogP contribution in [0.4, 0.5) is 26.3 Å². The van der Waals surface area contributed by atoms with Crippen molar-refractivity contribution < 1.29 is 116 Å². The predicted octanol–water partition coefficient (Wildman–Crippen LogP) is 4.46. The number of aromatic nitrogens is 4. The average molecular weight is 950 g/mol. The molecule has 0 aliphatic rings. The van der Waals surface area contributed by atoms with Crippen LogP contribution in [0.1, 0.15) is 0 Å². The van der Waals surface area contributed by atoms with E-state index in [0.29, 0.717) is 23.5 Å². The molecular formula is C26H28Ag2F6N4O10S2.